The van der Waals surface area contributed by atoms with Gasteiger partial charge in [0.25, 0.3) is 0 Å². The maximum absolute atomic E-state index is 13.4. The third kappa shape index (κ3) is 5.66. The molecule has 1 N–H and O–H groups in total. The first kappa shape index (κ1) is 23.3. The van der Waals surface area contributed by atoms with Crippen LogP contribution in [0.25, 0.3) is 0 Å². The van der Waals surface area contributed by atoms with Crippen LogP contribution in [-0.2, 0) is 25.5 Å². The summed E-state index contributed by atoms with van der Waals surface area (Å²) in [5.74, 6) is -1.84. The topological polar surface area (TPSA) is 83.9 Å². The van der Waals surface area contributed by atoms with E-state index in [2.05, 4.69) is 0 Å². The molecular formula is C25H35NO5. The summed E-state index contributed by atoms with van der Waals surface area (Å²) in [5, 5.41) is 9.74. The van der Waals surface area contributed by atoms with Crippen molar-refractivity contribution in [3.63, 3.8) is 0 Å². The Hall–Kier alpha value is -2.37. The minimum atomic E-state index is -0.916. The van der Waals surface area contributed by atoms with Gasteiger partial charge in [-0.3, -0.25) is 9.59 Å². The van der Waals surface area contributed by atoms with E-state index in [0.29, 0.717) is 25.9 Å². The smallest absolute Gasteiger partial charge is 0.326 e. The monoisotopic (exact) mass is 429 g/mol. The maximum atomic E-state index is 13.4. The minimum Gasteiger partial charge on any atom is -0.480 e. The Labute approximate surface area is 185 Å². The van der Waals surface area contributed by atoms with Gasteiger partial charge in [0, 0.05) is 12.0 Å². The Morgan fingerprint density at radius 1 is 1.16 bits per heavy atom. The molecule has 6 heteroatoms. The molecule has 31 heavy (non-hydrogen) atoms. The van der Waals surface area contributed by atoms with Gasteiger partial charge in [-0.15, -0.1) is 0 Å². The van der Waals surface area contributed by atoms with Gasteiger partial charge in [-0.05, 0) is 56.9 Å². The second-order valence-corrected chi connectivity index (χ2v) is 9.06. The van der Waals surface area contributed by atoms with Crippen molar-refractivity contribution in [3.05, 3.63) is 35.9 Å². The Kier molecular flexibility index (Phi) is 8.10. The van der Waals surface area contributed by atoms with Crippen molar-refractivity contribution in [2.45, 2.75) is 77.3 Å². The highest BCUT2D eigenvalue weighted by atomic mass is 16.5. The second-order valence-electron chi connectivity index (χ2n) is 9.06. The number of esters is 1. The fourth-order valence-corrected chi connectivity index (χ4v) is 5.36. The molecular weight excluding hydrogens is 394 g/mol. The predicted molar refractivity (Wildman–Crippen MR) is 117 cm³/mol. The van der Waals surface area contributed by atoms with Crippen molar-refractivity contribution in [1.82, 2.24) is 4.90 Å². The molecule has 0 unspecified atom stereocenters. The summed E-state index contributed by atoms with van der Waals surface area (Å²) in [4.78, 5) is 39.6. The summed E-state index contributed by atoms with van der Waals surface area (Å²) in [7, 11) is 0. The molecule has 0 bridgehead atoms. The molecule has 1 aliphatic heterocycles. The van der Waals surface area contributed by atoms with Crippen molar-refractivity contribution in [2.24, 2.45) is 17.8 Å². The van der Waals surface area contributed by atoms with E-state index < -0.39 is 17.9 Å². The van der Waals surface area contributed by atoms with Crippen molar-refractivity contribution in [1.29, 1.82) is 0 Å². The highest BCUT2D eigenvalue weighted by Gasteiger charge is 2.48. The number of hydrogen-bond acceptors (Lipinski definition) is 4. The van der Waals surface area contributed by atoms with Crippen molar-refractivity contribution in [2.75, 3.05) is 6.61 Å². The lowest BCUT2D eigenvalue weighted by Gasteiger charge is -2.35. The zero-order chi connectivity index (χ0) is 22.4. The number of aliphatic carboxylic acids is 1. The van der Waals surface area contributed by atoms with Gasteiger partial charge in [0.15, 0.2) is 0 Å². The Balaban J connectivity index is 1.70. The second kappa shape index (κ2) is 10.8. The first-order chi connectivity index (χ1) is 14.9. The fourth-order valence-electron chi connectivity index (χ4n) is 5.36. The van der Waals surface area contributed by atoms with Crippen LogP contribution in [0.2, 0.25) is 0 Å². The highest BCUT2D eigenvalue weighted by molar-refractivity contribution is 5.86. The van der Waals surface area contributed by atoms with Crippen LogP contribution < -0.4 is 0 Å². The Morgan fingerprint density at radius 2 is 1.87 bits per heavy atom. The number of hydrogen-bond donors (Lipinski definition) is 1. The first-order valence-electron chi connectivity index (χ1n) is 11.7. The summed E-state index contributed by atoms with van der Waals surface area (Å²) in [6.07, 6.45) is 6.28. The van der Waals surface area contributed by atoms with Gasteiger partial charge >= 0.3 is 11.9 Å². The lowest BCUT2D eigenvalue weighted by molar-refractivity contribution is -0.153. The molecule has 6 nitrogen and oxygen atoms in total. The van der Waals surface area contributed by atoms with E-state index in [0.717, 1.165) is 37.7 Å². The van der Waals surface area contributed by atoms with Gasteiger partial charge in [0.1, 0.15) is 6.04 Å². The molecule has 5 atom stereocenters. The summed E-state index contributed by atoms with van der Waals surface area (Å²) >= 11 is 0. The fraction of sp³-hybridized carbons (Fsp3) is 0.640. The molecule has 1 saturated heterocycles. The molecule has 1 aromatic carbocycles. The SMILES string of the molecule is CCOC(=O)[C@H](CCc1ccccc1)C[C@@H](C)C(=O)N1[C@H](C(=O)O)C[C@H]2CCCC[C@@H]21. The van der Waals surface area contributed by atoms with E-state index in [-0.39, 0.29) is 29.8 Å². The third-order valence-corrected chi connectivity index (χ3v) is 6.93. The van der Waals surface area contributed by atoms with E-state index >= 15 is 0 Å². The molecule has 1 heterocycles. The number of carbonyl (C=O) groups excluding carboxylic acids is 2. The number of nitrogens with zero attached hydrogens (tertiary/aromatic N) is 1. The van der Waals surface area contributed by atoms with Gasteiger partial charge in [-0.2, -0.15) is 0 Å². The zero-order valence-electron chi connectivity index (χ0n) is 18.7. The van der Waals surface area contributed by atoms with E-state index in [1.807, 2.05) is 37.3 Å². The number of fused-ring (bicyclic) bond motifs is 1. The van der Waals surface area contributed by atoms with Crippen LogP contribution in [-0.4, -0.2) is 46.5 Å². The van der Waals surface area contributed by atoms with Crippen LogP contribution in [0.4, 0.5) is 0 Å². The lowest BCUT2D eigenvalue weighted by atomic mass is 9.84. The van der Waals surface area contributed by atoms with Crippen LogP contribution in [0.5, 0.6) is 0 Å². The Bertz CT molecular complexity index is 764. The summed E-state index contributed by atoms with van der Waals surface area (Å²) in [6, 6.07) is 9.25. The van der Waals surface area contributed by atoms with E-state index in [9.17, 15) is 19.5 Å². The summed E-state index contributed by atoms with van der Waals surface area (Å²) in [5.41, 5.74) is 1.14. The van der Waals surface area contributed by atoms with E-state index in [1.54, 1.807) is 11.8 Å². The zero-order valence-corrected chi connectivity index (χ0v) is 18.7. The first-order valence-corrected chi connectivity index (χ1v) is 11.7. The minimum absolute atomic E-state index is 0.0233. The molecule has 3 rings (SSSR count). The van der Waals surface area contributed by atoms with Crippen LogP contribution in [0.1, 0.15) is 64.4 Å². The van der Waals surface area contributed by atoms with Crippen LogP contribution >= 0.6 is 0 Å². The molecule has 1 amide bonds. The molecule has 1 aromatic rings. The number of aryl methyl sites for hydroxylation is 1. The van der Waals surface area contributed by atoms with Gasteiger partial charge < -0.3 is 14.7 Å². The number of amides is 1. The number of carboxylic acid groups (broad SMARTS) is 1. The average Bonchev–Trinajstić information content (AvgIpc) is 3.16. The van der Waals surface area contributed by atoms with Crippen LogP contribution in [0.3, 0.4) is 0 Å². The standard InChI is InChI=1S/C25H35NO5/c1-3-31-25(30)20(14-13-18-9-5-4-6-10-18)15-17(2)23(27)26-21-12-8-7-11-19(21)16-22(26)24(28)29/h4-6,9-10,17,19-22H,3,7-8,11-16H2,1-2H3,(H,28,29)/t17-,19-,20-,21+,22+/m1/s1. The number of carbonyl (C=O) groups is 3. The number of benzene rings is 1. The van der Waals surface area contributed by atoms with Crippen LogP contribution in [0, 0.1) is 17.8 Å². The number of rotatable bonds is 9. The molecule has 0 aromatic heterocycles. The number of ether oxygens (including phenoxy) is 1. The molecule has 2 aliphatic rings. The third-order valence-electron chi connectivity index (χ3n) is 6.93. The lowest BCUT2D eigenvalue weighted by Crippen LogP contribution is -2.48. The highest BCUT2D eigenvalue weighted by Crippen LogP contribution is 2.41. The van der Waals surface area contributed by atoms with Gasteiger partial charge in [0.05, 0.1) is 12.5 Å². The van der Waals surface area contributed by atoms with Crippen molar-refractivity contribution in [3.8, 4) is 0 Å². The van der Waals surface area contributed by atoms with Crippen molar-refractivity contribution >= 4 is 17.8 Å². The molecule has 2 fully saturated rings. The van der Waals surface area contributed by atoms with Gasteiger partial charge in [-0.1, -0.05) is 50.1 Å². The molecule has 0 radical (unpaired) electrons. The Morgan fingerprint density at radius 3 is 2.55 bits per heavy atom. The molecule has 1 saturated carbocycles. The maximum Gasteiger partial charge on any atom is 0.326 e. The van der Waals surface area contributed by atoms with Crippen LogP contribution in [0.15, 0.2) is 30.3 Å². The van der Waals surface area contributed by atoms with Crippen molar-refractivity contribution < 1.29 is 24.2 Å². The van der Waals surface area contributed by atoms with E-state index in [4.69, 9.17) is 4.74 Å². The largest absolute Gasteiger partial charge is 0.480 e. The number of carboxylic acids is 1. The summed E-state index contributed by atoms with van der Waals surface area (Å²) < 4.78 is 5.29. The molecule has 1 aliphatic carbocycles. The van der Waals surface area contributed by atoms with E-state index in [1.165, 1.54) is 0 Å². The normalized spacial score (nSPS) is 24.8. The quantitative estimate of drug-likeness (QED) is 0.598. The molecule has 170 valence electrons. The van der Waals surface area contributed by atoms with Gasteiger partial charge in [-0.25, -0.2) is 4.79 Å². The van der Waals surface area contributed by atoms with Gasteiger partial charge in [0.2, 0.25) is 5.91 Å². The predicted octanol–water partition coefficient (Wildman–Crippen LogP) is 4.07. The number of likely N-dealkylation sites (tertiary alicyclic amines) is 1. The molecule has 0 spiro atoms. The average molecular weight is 430 g/mol. The summed E-state index contributed by atoms with van der Waals surface area (Å²) in [6.45, 7) is 3.91.